The standard InChI is InChI=1S/C9H14F5NO3/c1-17-5-3-15(4-6-18-2)7(16)8(10,11)9(12,13)14/h3-6H2,1-2H3. The first kappa shape index (κ1) is 17.0. The van der Waals surface area contributed by atoms with Crippen LogP contribution in [0.2, 0.25) is 0 Å². The summed E-state index contributed by atoms with van der Waals surface area (Å²) in [7, 11) is 2.47. The Labute approximate surface area is 101 Å². The Kier molecular flexibility index (Phi) is 6.47. The lowest BCUT2D eigenvalue weighted by atomic mass is 10.2. The van der Waals surface area contributed by atoms with Crippen molar-refractivity contribution in [2.24, 2.45) is 0 Å². The fourth-order valence-electron chi connectivity index (χ4n) is 1.04. The molecule has 1 amide bonds. The summed E-state index contributed by atoms with van der Waals surface area (Å²) in [5.41, 5.74) is 0. The minimum atomic E-state index is -5.91. The molecule has 0 heterocycles. The van der Waals surface area contributed by atoms with Gasteiger partial charge in [-0.05, 0) is 0 Å². The lowest BCUT2D eigenvalue weighted by molar-refractivity contribution is -0.274. The van der Waals surface area contributed by atoms with Gasteiger partial charge < -0.3 is 14.4 Å². The summed E-state index contributed by atoms with van der Waals surface area (Å²) in [5, 5.41) is 0. The third kappa shape index (κ3) is 4.37. The molecule has 0 aromatic rings. The first-order valence-electron chi connectivity index (χ1n) is 4.90. The predicted molar refractivity (Wildman–Crippen MR) is 51.3 cm³/mol. The van der Waals surface area contributed by atoms with Crippen molar-refractivity contribution in [1.82, 2.24) is 4.90 Å². The minimum Gasteiger partial charge on any atom is -0.383 e. The van der Waals surface area contributed by atoms with Crippen molar-refractivity contribution in [3.05, 3.63) is 0 Å². The van der Waals surface area contributed by atoms with Gasteiger partial charge in [0.05, 0.1) is 13.2 Å². The topological polar surface area (TPSA) is 38.8 Å². The number of halogens is 5. The van der Waals surface area contributed by atoms with Crippen molar-refractivity contribution in [3.63, 3.8) is 0 Å². The Morgan fingerprint density at radius 2 is 1.39 bits per heavy atom. The van der Waals surface area contributed by atoms with Crippen LogP contribution in [-0.4, -0.2) is 63.4 Å². The second kappa shape index (κ2) is 6.83. The summed E-state index contributed by atoms with van der Waals surface area (Å²) in [5.74, 6) is -7.71. The van der Waals surface area contributed by atoms with Crippen LogP contribution in [0.25, 0.3) is 0 Å². The highest BCUT2D eigenvalue weighted by Gasteiger charge is 2.64. The van der Waals surface area contributed by atoms with Gasteiger partial charge in [0, 0.05) is 27.3 Å². The SMILES string of the molecule is COCCN(CCOC)C(=O)C(F)(F)C(F)(F)F. The maximum Gasteiger partial charge on any atom is 0.463 e. The van der Waals surface area contributed by atoms with E-state index < -0.39 is 18.0 Å². The molecule has 0 bridgehead atoms. The monoisotopic (exact) mass is 279 g/mol. The molecule has 0 spiro atoms. The van der Waals surface area contributed by atoms with E-state index in [1.807, 2.05) is 0 Å². The first-order valence-corrected chi connectivity index (χ1v) is 4.90. The predicted octanol–water partition coefficient (Wildman–Crippen LogP) is 1.31. The van der Waals surface area contributed by atoms with Crippen LogP contribution in [0.5, 0.6) is 0 Å². The van der Waals surface area contributed by atoms with Crippen molar-refractivity contribution < 1.29 is 36.2 Å². The van der Waals surface area contributed by atoms with Gasteiger partial charge >= 0.3 is 18.0 Å². The van der Waals surface area contributed by atoms with Crippen LogP contribution in [0.1, 0.15) is 0 Å². The summed E-state index contributed by atoms with van der Waals surface area (Å²) in [6.07, 6.45) is -5.91. The van der Waals surface area contributed by atoms with E-state index in [1.54, 1.807) is 0 Å². The van der Waals surface area contributed by atoms with E-state index in [2.05, 4.69) is 9.47 Å². The van der Waals surface area contributed by atoms with Crippen molar-refractivity contribution in [1.29, 1.82) is 0 Å². The first-order chi connectivity index (χ1) is 8.18. The fourth-order valence-corrected chi connectivity index (χ4v) is 1.04. The Morgan fingerprint density at radius 3 is 1.67 bits per heavy atom. The molecule has 0 unspecified atom stereocenters. The quantitative estimate of drug-likeness (QED) is 0.659. The lowest BCUT2D eigenvalue weighted by Crippen LogP contribution is -2.53. The van der Waals surface area contributed by atoms with Gasteiger partial charge in [0.2, 0.25) is 0 Å². The van der Waals surface area contributed by atoms with Crippen LogP contribution in [0, 0.1) is 0 Å². The largest absolute Gasteiger partial charge is 0.463 e. The van der Waals surface area contributed by atoms with Gasteiger partial charge in [0.25, 0.3) is 0 Å². The molecule has 0 saturated heterocycles. The Morgan fingerprint density at radius 1 is 1.00 bits per heavy atom. The second-order valence-electron chi connectivity index (χ2n) is 3.35. The highest BCUT2D eigenvalue weighted by atomic mass is 19.4. The molecule has 0 saturated carbocycles. The number of methoxy groups -OCH3 is 2. The average molecular weight is 279 g/mol. The third-order valence-electron chi connectivity index (χ3n) is 2.04. The molecule has 0 aromatic carbocycles. The smallest absolute Gasteiger partial charge is 0.383 e. The molecule has 0 aliphatic carbocycles. The molecule has 4 nitrogen and oxygen atoms in total. The second-order valence-corrected chi connectivity index (χ2v) is 3.35. The van der Waals surface area contributed by atoms with Gasteiger partial charge in [0.1, 0.15) is 0 Å². The van der Waals surface area contributed by atoms with Crippen LogP contribution >= 0.6 is 0 Å². The highest BCUT2D eigenvalue weighted by Crippen LogP contribution is 2.36. The molecule has 0 aliphatic rings. The van der Waals surface area contributed by atoms with E-state index in [0.717, 1.165) is 0 Å². The van der Waals surface area contributed by atoms with Crippen LogP contribution in [-0.2, 0) is 14.3 Å². The molecule has 0 radical (unpaired) electrons. The van der Waals surface area contributed by atoms with Gasteiger partial charge in [-0.25, -0.2) is 0 Å². The van der Waals surface area contributed by atoms with E-state index in [-0.39, 0.29) is 26.3 Å². The number of carbonyl (C=O) groups is 1. The van der Waals surface area contributed by atoms with E-state index in [4.69, 9.17) is 0 Å². The van der Waals surface area contributed by atoms with Crippen LogP contribution < -0.4 is 0 Å². The van der Waals surface area contributed by atoms with Gasteiger partial charge in [-0.3, -0.25) is 4.79 Å². The molecule has 0 N–H and O–H groups in total. The number of hydrogen-bond acceptors (Lipinski definition) is 3. The molecule has 0 fully saturated rings. The fraction of sp³-hybridized carbons (Fsp3) is 0.889. The minimum absolute atomic E-state index is 0.149. The number of ether oxygens (including phenoxy) is 2. The molecule has 0 atom stereocenters. The maximum absolute atomic E-state index is 12.8. The van der Waals surface area contributed by atoms with Crippen LogP contribution in [0.15, 0.2) is 0 Å². The zero-order valence-electron chi connectivity index (χ0n) is 9.89. The van der Waals surface area contributed by atoms with E-state index in [9.17, 15) is 26.7 Å². The van der Waals surface area contributed by atoms with Crippen molar-refractivity contribution in [2.75, 3.05) is 40.5 Å². The summed E-state index contributed by atoms with van der Waals surface area (Å²) in [6, 6.07) is 0. The summed E-state index contributed by atoms with van der Waals surface area (Å²) >= 11 is 0. The number of amides is 1. The Balaban J connectivity index is 4.82. The van der Waals surface area contributed by atoms with E-state index in [1.165, 1.54) is 14.2 Å². The number of alkyl halides is 5. The number of nitrogens with zero attached hydrogens (tertiary/aromatic N) is 1. The molecular weight excluding hydrogens is 265 g/mol. The summed E-state index contributed by atoms with van der Waals surface area (Å²) in [6.45, 7) is -1.04. The molecule has 18 heavy (non-hydrogen) atoms. The summed E-state index contributed by atoms with van der Waals surface area (Å²) in [4.78, 5) is 11.5. The zero-order chi connectivity index (χ0) is 14.4. The van der Waals surface area contributed by atoms with Gasteiger partial charge in [-0.1, -0.05) is 0 Å². The molecule has 108 valence electrons. The third-order valence-corrected chi connectivity index (χ3v) is 2.04. The average Bonchev–Trinajstić information content (AvgIpc) is 2.27. The molecule has 0 aromatic heterocycles. The lowest BCUT2D eigenvalue weighted by Gasteiger charge is -2.27. The Bertz CT molecular complexity index is 261. The Hall–Kier alpha value is -0.960. The van der Waals surface area contributed by atoms with Crippen LogP contribution in [0.3, 0.4) is 0 Å². The molecule has 0 rings (SSSR count). The van der Waals surface area contributed by atoms with Crippen molar-refractivity contribution in [2.45, 2.75) is 12.1 Å². The summed E-state index contributed by atoms with van der Waals surface area (Å²) < 4.78 is 70.8. The van der Waals surface area contributed by atoms with Gasteiger partial charge in [-0.15, -0.1) is 0 Å². The van der Waals surface area contributed by atoms with Gasteiger partial charge in [0.15, 0.2) is 0 Å². The van der Waals surface area contributed by atoms with Gasteiger partial charge in [-0.2, -0.15) is 22.0 Å². The molecule has 9 heteroatoms. The normalized spacial score (nSPS) is 12.6. The van der Waals surface area contributed by atoms with E-state index >= 15 is 0 Å². The molecule has 0 aliphatic heterocycles. The molecular formula is C9H14F5NO3. The van der Waals surface area contributed by atoms with Crippen molar-refractivity contribution >= 4 is 5.91 Å². The van der Waals surface area contributed by atoms with E-state index in [0.29, 0.717) is 4.90 Å². The highest BCUT2D eigenvalue weighted by molar-refractivity contribution is 5.84. The number of rotatable bonds is 7. The zero-order valence-corrected chi connectivity index (χ0v) is 9.89. The van der Waals surface area contributed by atoms with Crippen molar-refractivity contribution in [3.8, 4) is 0 Å². The maximum atomic E-state index is 12.8. The number of hydrogen-bond donors (Lipinski definition) is 0. The number of carbonyl (C=O) groups excluding carboxylic acids is 1. The van der Waals surface area contributed by atoms with Crippen LogP contribution in [0.4, 0.5) is 22.0 Å².